The lowest BCUT2D eigenvalue weighted by Crippen LogP contribution is -2.29. The van der Waals surface area contributed by atoms with E-state index in [1.54, 1.807) is 18.9 Å². The van der Waals surface area contributed by atoms with E-state index in [0.29, 0.717) is 139 Å². The van der Waals surface area contributed by atoms with E-state index in [-0.39, 0.29) is 19.1 Å². The molecule has 0 aliphatic carbocycles. The average molecular weight is 756 g/mol. The fraction of sp³-hybridized carbons (Fsp3) is 0.649. The Morgan fingerprint density at radius 1 is 0.442 bits per heavy atom. The van der Waals surface area contributed by atoms with Crippen molar-refractivity contribution < 1.29 is 61.6 Å². The van der Waals surface area contributed by atoms with E-state index >= 15 is 0 Å². The third-order valence-corrected chi connectivity index (χ3v) is 8.22. The monoisotopic (exact) mass is 755 g/mol. The molecule has 0 fully saturated rings. The van der Waals surface area contributed by atoms with Gasteiger partial charge in [0, 0.05) is 16.9 Å². The summed E-state index contributed by atoms with van der Waals surface area (Å²) in [6, 6.07) is 16.1. The molecular formula is C37H57NO13S. The zero-order valence-corrected chi connectivity index (χ0v) is 31.4. The van der Waals surface area contributed by atoms with E-state index in [4.69, 9.17) is 56.8 Å². The summed E-state index contributed by atoms with van der Waals surface area (Å²) in [6.07, 6.45) is 0. The fourth-order valence-electron chi connectivity index (χ4n) is 4.56. The zero-order valence-electron chi connectivity index (χ0n) is 30.5. The first-order valence-electron chi connectivity index (χ1n) is 17.8. The van der Waals surface area contributed by atoms with Gasteiger partial charge in [-0.1, -0.05) is 36.0 Å². The van der Waals surface area contributed by atoms with E-state index in [9.17, 15) is 4.79 Å². The molecule has 52 heavy (non-hydrogen) atoms. The van der Waals surface area contributed by atoms with Crippen molar-refractivity contribution in [2.75, 3.05) is 164 Å². The van der Waals surface area contributed by atoms with Crippen LogP contribution in [0.2, 0.25) is 0 Å². The van der Waals surface area contributed by atoms with Gasteiger partial charge in [-0.2, -0.15) is 0 Å². The minimum absolute atomic E-state index is 0.133. The van der Waals surface area contributed by atoms with Crippen molar-refractivity contribution in [2.45, 2.75) is 9.79 Å². The Bertz CT molecular complexity index is 1120. The molecule has 1 aliphatic heterocycles. The van der Waals surface area contributed by atoms with E-state index < -0.39 is 0 Å². The van der Waals surface area contributed by atoms with Crippen LogP contribution in [0.4, 0.5) is 11.4 Å². The van der Waals surface area contributed by atoms with Gasteiger partial charge in [0.25, 0.3) is 0 Å². The van der Waals surface area contributed by atoms with Gasteiger partial charge in [-0.15, -0.1) is 0 Å². The molecule has 0 spiro atoms. The molecule has 1 heterocycles. The number of anilines is 2. The fourth-order valence-corrected chi connectivity index (χ4v) is 5.66. The summed E-state index contributed by atoms with van der Waals surface area (Å²) in [5, 5.41) is 0. The lowest BCUT2D eigenvalue weighted by atomic mass is 10.2. The van der Waals surface area contributed by atoms with Crippen LogP contribution in [0.15, 0.2) is 58.3 Å². The van der Waals surface area contributed by atoms with Gasteiger partial charge in [-0.25, -0.2) is 0 Å². The van der Waals surface area contributed by atoms with Crippen LogP contribution in [0.5, 0.6) is 0 Å². The predicted octanol–water partition coefficient (Wildman–Crippen LogP) is 3.64. The number of ether oxygens (including phenoxy) is 12. The second-order valence-electron chi connectivity index (χ2n) is 11.0. The molecule has 1 aliphatic rings. The van der Waals surface area contributed by atoms with Gasteiger partial charge in [-0.3, -0.25) is 4.79 Å². The molecule has 15 heteroatoms. The molecule has 0 atom stereocenters. The lowest BCUT2D eigenvalue weighted by Gasteiger charge is -2.31. The first kappa shape index (κ1) is 44.0. The Morgan fingerprint density at radius 3 is 1.06 bits per heavy atom. The number of carbonyl (C=O) groups is 1. The van der Waals surface area contributed by atoms with Crippen LogP contribution < -0.4 is 4.90 Å². The number of esters is 1. The van der Waals surface area contributed by atoms with Gasteiger partial charge in [0.1, 0.15) is 13.2 Å². The summed E-state index contributed by atoms with van der Waals surface area (Å²) in [6.45, 7) is 10.7. The summed E-state index contributed by atoms with van der Waals surface area (Å²) in [4.78, 5) is 16.8. The molecule has 14 nitrogen and oxygen atoms in total. The molecule has 294 valence electrons. The molecule has 0 saturated carbocycles. The van der Waals surface area contributed by atoms with Crippen LogP contribution in [0.1, 0.15) is 0 Å². The number of rotatable bonds is 35. The van der Waals surface area contributed by atoms with Crippen molar-refractivity contribution in [1.29, 1.82) is 0 Å². The average Bonchev–Trinajstić information content (AvgIpc) is 3.16. The number of carbonyl (C=O) groups excluding carboxylic acids is 1. The standard InChI is InChI=1S/C37H57NO13S/c1-40-10-11-41-12-13-42-14-15-43-16-17-44-18-19-45-20-21-46-22-23-47-24-25-48-26-27-49-28-29-50-30-31-51-37(39)32-38-33-6-2-4-8-35(33)52-36-9-5-3-7-34(36)38/h2-9H,10-32H2,1H3. The molecule has 0 saturated heterocycles. The number of nitrogens with zero attached hydrogens (tertiary/aromatic N) is 1. The van der Waals surface area contributed by atoms with Crippen molar-refractivity contribution in [3.63, 3.8) is 0 Å². The minimum atomic E-state index is -0.304. The van der Waals surface area contributed by atoms with Crippen LogP contribution in [0.3, 0.4) is 0 Å². The number of para-hydroxylation sites is 2. The van der Waals surface area contributed by atoms with Crippen LogP contribution in [-0.2, 0) is 61.6 Å². The summed E-state index contributed by atoms with van der Waals surface area (Å²) in [7, 11) is 1.64. The zero-order chi connectivity index (χ0) is 36.6. The van der Waals surface area contributed by atoms with Gasteiger partial charge in [0.15, 0.2) is 0 Å². The maximum Gasteiger partial charge on any atom is 0.326 e. The largest absolute Gasteiger partial charge is 0.462 e. The molecule has 0 unspecified atom stereocenters. The van der Waals surface area contributed by atoms with Gasteiger partial charge >= 0.3 is 5.97 Å². The van der Waals surface area contributed by atoms with Crippen molar-refractivity contribution >= 4 is 29.1 Å². The molecular weight excluding hydrogens is 698 g/mol. The van der Waals surface area contributed by atoms with Crippen LogP contribution in [0, 0.1) is 0 Å². The predicted molar refractivity (Wildman–Crippen MR) is 195 cm³/mol. The molecule has 0 aromatic heterocycles. The second kappa shape index (κ2) is 31.0. The van der Waals surface area contributed by atoms with Gasteiger partial charge in [0.2, 0.25) is 0 Å². The molecule has 2 aromatic carbocycles. The molecule has 0 N–H and O–H groups in total. The summed E-state index contributed by atoms with van der Waals surface area (Å²) < 4.78 is 65.0. The molecule has 2 aromatic rings. The van der Waals surface area contributed by atoms with E-state index in [1.807, 2.05) is 41.3 Å². The Balaban J connectivity index is 0.977. The summed E-state index contributed by atoms with van der Waals surface area (Å²) >= 11 is 1.70. The Kier molecular flexibility index (Phi) is 26.3. The molecule has 0 radical (unpaired) electrons. The van der Waals surface area contributed by atoms with Crippen LogP contribution in [0.25, 0.3) is 0 Å². The maximum atomic E-state index is 12.6. The number of fused-ring (bicyclic) bond motifs is 2. The van der Waals surface area contributed by atoms with Crippen molar-refractivity contribution in [3.05, 3.63) is 48.5 Å². The third-order valence-electron chi connectivity index (χ3n) is 7.09. The summed E-state index contributed by atoms with van der Waals surface area (Å²) in [5.41, 5.74) is 2.01. The number of hydrogen-bond acceptors (Lipinski definition) is 15. The number of benzene rings is 2. The highest BCUT2D eigenvalue weighted by atomic mass is 32.2. The molecule has 0 amide bonds. The van der Waals surface area contributed by atoms with Crippen molar-refractivity contribution in [2.24, 2.45) is 0 Å². The highest BCUT2D eigenvalue weighted by molar-refractivity contribution is 7.99. The SMILES string of the molecule is COCCOCCOCCOCCOCCOCCOCCOCCOCCOCCOCCOC(=O)CN1c2ccccc2Sc2ccccc21. The second-order valence-corrected chi connectivity index (χ2v) is 12.0. The maximum absolute atomic E-state index is 12.6. The Labute approximate surface area is 312 Å². The number of hydrogen-bond donors (Lipinski definition) is 0. The topological polar surface area (TPSA) is 131 Å². The summed E-state index contributed by atoms with van der Waals surface area (Å²) in [5.74, 6) is -0.304. The number of methoxy groups -OCH3 is 1. The van der Waals surface area contributed by atoms with Crippen molar-refractivity contribution in [3.8, 4) is 0 Å². The first-order chi connectivity index (χ1) is 25.8. The van der Waals surface area contributed by atoms with Gasteiger partial charge in [-0.05, 0) is 24.3 Å². The van der Waals surface area contributed by atoms with Gasteiger partial charge < -0.3 is 61.7 Å². The smallest absolute Gasteiger partial charge is 0.326 e. The van der Waals surface area contributed by atoms with E-state index in [2.05, 4.69) is 12.1 Å². The van der Waals surface area contributed by atoms with E-state index in [1.165, 1.54) is 0 Å². The van der Waals surface area contributed by atoms with Gasteiger partial charge in [0.05, 0.1) is 150 Å². The van der Waals surface area contributed by atoms with Crippen LogP contribution in [-0.4, -0.2) is 165 Å². The quantitative estimate of drug-likeness (QED) is 0.0749. The Hall–Kier alpha value is -2.38. The third kappa shape index (κ3) is 20.8. The highest BCUT2D eigenvalue weighted by Gasteiger charge is 2.25. The lowest BCUT2D eigenvalue weighted by molar-refractivity contribution is -0.143. The molecule has 0 bridgehead atoms. The van der Waals surface area contributed by atoms with Crippen molar-refractivity contribution in [1.82, 2.24) is 0 Å². The Morgan fingerprint density at radius 2 is 0.731 bits per heavy atom. The highest BCUT2D eigenvalue weighted by Crippen LogP contribution is 2.47. The minimum Gasteiger partial charge on any atom is -0.462 e. The van der Waals surface area contributed by atoms with Crippen LogP contribution >= 0.6 is 11.8 Å². The normalized spacial score (nSPS) is 12.2. The molecule has 3 rings (SSSR count). The first-order valence-corrected chi connectivity index (χ1v) is 18.7. The van der Waals surface area contributed by atoms with E-state index in [0.717, 1.165) is 21.2 Å².